The van der Waals surface area contributed by atoms with Crippen LogP contribution in [0.15, 0.2) is 34.8 Å². The lowest BCUT2D eigenvalue weighted by Gasteiger charge is -2.36. The van der Waals surface area contributed by atoms with Crippen LogP contribution in [0.2, 0.25) is 15.1 Å². The summed E-state index contributed by atoms with van der Waals surface area (Å²) in [5.74, 6) is -3.20. The third-order valence-electron chi connectivity index (χ3n) is 7.15. The normalized spacial score (nSPS) is 32.5. The molecular weight excluding hydrogens is 557 g/mol. The van der Waals surface area contributed by atoms with Gasteiger partial charge in [-0.05, 0) is 36.8 Å². The van der Waals surface area contributed by atoms with Gasteiger partial charge in [0.05, 0.1) is 34.3 Å². The number of amides is 3. The van der Waals surface area contributed by atoms with Crippen LogP contribution in [0, 0.1) is 11.8 Å². The van der Waals surface area contributed by atoms with Gasteiger partial charge in [-0.2, -0.15) is 0 Å². The highest BCUT2D eigenvalue weighted by Crippen LogP contribution is 2.61. The molecule has 11 heteroatoms. The summed E-state index contributed by atoms with van der Waals surface area (Å²) in [4.78, 5) is 44.2. The maximum absolute atomic E-state index is 13.9. The predicted molar refractivity (Wildman–Crippen MR) is 127 cm³/mol. The van der Waals surface area contributed by atoms with Gasteiger partial charge in [-0.1, -0.05) is 50.7 Å². The number of fused-ring (bicyclic) bond motifs is 7. The highest BCUT2D eigenvalue weighted by Gasteiger charge is 2.75. The highest BCUT2D eigenvalue weighted by atomic mass is 79.9. The Morgan fingerprint density at radius 2 is 1.76 bits per heavy atom. The molecule has 0 saturated carbocycles. The minimum Gasteiger partial charge on any atom is -0.392 e. The molecule has 4 aliphatic rings. The molecule has 4 heterocycles. The van der Waals surface area contributed by atoms with E-state index in [1.807, 2.05) is 0 Å². The number of imide groups is 1. The van der Waals surface area contributed by atoms with E-state index in [-0.39, 0.29) is 18.0 Å². The first-order valence-corrected chi connectivity index (χ1v) is 12.2. The summed E-state index contributed by atoms with van der Waals surface area (Å²) >= 11 is 22.2. The minimum atomic E-state index is -1.51. The van der Waals surface area contributed by atoms with E-state index in [0.717, 1.165) is 4.90 Å². The minimum absolute atomic E-state index is 0.151. The molecule has 0 bridgehead atoms. The van der Waals surface area contributed by atoms with E-state index in [1.165, 1.54) is 12.1 Å². The van der Waals surface area contributed by atoms with Gasteiger partial charge >= 0.3 is 0 Å². The monoisotopic (exact) mass is 569 g/mol. The van der Waals surface area contributed by atoms with Crippen LogP contribution < -0.4 is 10.2 Å². The fourth-order valence-electron chi connectivity index (χ4n) is 6.14. The fraction of sp³-hybridized carbons (Fsp3) is 0.318. The third-order valence-corrected chi connectivity index (χ3v) is 8.34. The summed E-state index contributed by atoms with van der Waals surface area (Å²) in [6.07, 6.45) is -0.469. The van der Waals surface area contributed by atoms with E-state index < -0.39 is 47.2 Å². The van der Waals surface area contributed by atoms with Crippen molar-refractivity contribution < 1.29 is 19.5 Å². The van der Waals surface area contributed by atoms with Gasteiger partial charge in [0, 0.05) is 32.7 Å². The Balaban J connectivity index is 1.58. The Hall–Kier alpha value is -1.68. The number of carbonyl (C=O) groups is 3. The molecule has 2 aromatic carbocycles. The smallest absolute Gasteiger partial charge is 0.250 e. The van der Waals surface area contributed by atoms with E-state index in [9.17, 15) is 19.5 Å². The second kappa shape index (κ2) is 7.16. The summed E-state index contributed by atoms with van der Waals surface area (Å²) in [6, 6.07) is 7.45. The Kier molecular flexibility index (Phi) is 4.74. The van der Waals surface area contributed by atoms with Crippen LogP contribution in [0.4, 0.5) is 11.4 Å². The van der Waals surface area contributed by atoms with Crippen molar-refractivity contribution in [1.82, 2.24) is 4.90 Å². The molecule has 0 radical (unpaired) electrons. The van der Waals surface area contributed by atoms with E-state index in [1.54, 1.807) is 23.1 Å². The van der Waals surface area contributed by atoms with Crippen LogP contribution in [-0.2, 0) is 19.9 Å². The Morgan fingerprint density at radius 3 is 2.48 bits per heavy atom. The molecule has 2 N–H and O–H groups in total. The molecule has 1 spiro atoms. The highest BCUT2D eigenvalue weighted by molar-refractivity contribution is 9.10. The Bertz CT molecular complexity index is 1270. The number of nitrogens with zero attached hydrogens (tertiary/aromatic N) is 2. The number of anilines is 2. The lowest BCUT2D eigenvalue weighted by molar-refractivity contribution is -0.135. The molecule has 6 rings (SSSR count). The quantitative estimate of drug-likeness (QED) is 0.509. The number of benzene rings is 2. The maximum atomic E-state index is 13.9. The summed E-state index contributed by atoms with van der Waals surface area (Å²) in [7, 11) is 0. The zero-order valence-electron chi connectivity index (χ0n) is 16.7. The van der Waals surface area contributed by atoms with Crippen LogP contribution >= 0.6 is 50.7 Å². The summed E-state index contributed by atoms with van der Waals surface area (Å²) in [5, 5.41) is 14.2. The summed E-state index contributed by atoms with van der Waals surface area (Å²) in [5.41, 5.74) is -0.363. The molecule has 7 nitrogen and oxygen atoms in total. The third kappa shape index (κ3) is 2.73. The van der Waals surface area contributed by atoms with Crippen molar-refractivity contribution in [2.45, 2.75) is 24.1 Å². The van der Waals surface area contributed by atoms with Crippen molar-refractivity contribution in [2.75, 3.05) is 16.8 Å². The van der Waals surface area contributed by atoms with Gasteiger partial charge in [0.15, 0.2) is 0 Å². The second-order valence-corrected chi connectivity index (χ2v) is 11.0. The first-order valence-electron chi connectivity index (χ1n) is 10.2. The Morgan fingerprint density at radius 1 is 1.03 bits per heavy atom. The van der Waals surface area contributed by atoms with Gasteiger partial charge < -0.3 is 10.4 Å². The number of carbonyl (C=O) groups excluding carboxylic acids is 3. The molecule has 2 aromatic rings. The number of halogens is 4. The van der Waals surface area contributed by atoms with Gasteiger partial charge in [-0.25, -0.2) is 4.90 Å². The van der Waals surface area contributed by atoms with Crippen LogP contribution in [0.1, 0.15) is 12.0 Å². The van der Waals surface area contributed by atoms with Crippen molar-refractivity contribution in [3.05, 3.63) is 55.4 Å². The maximum Gasteiger partial charge on any atom is 0.250 e. The average molecular weight is 572 g/mol. The lowest BCUT2D eigenvalue weighted by atomic mass is 9.75. The van der Waals surface area contributed by atoms with Crippen molar-refractivity contribution >= 4 is 79.8 Å². The molecule has 4 unspecified atom stereocenters. The molecule has 3 amide bonds. The number of rotatable bonds is 1. The fourth-order valence-corrected chi connectivity index (χ4v) is 7.52. The first kappa shape index (κ1) is 21.8. The van der Waals surface area contributed by atoms with Gasteiger partial charge in [0.1, 0.15) is 5.54 Å². The van der Waals surface area contributed by atoms with Gasteiger partial charge in [0.25, 0.3) is 5.91 Å². The standard InChI is InChI=1S/C22H15BrCl3N3O4/c23-8-1-9(24)3-11(2-8)29-19(31)16-15-6-12(30)7-28(15)22(17(16)20(29)32)13-4-10(25)5-14(26)18(13)27-21(22)33/h1-5,12,15-17,30H,6-7H2,(H,27,33)/t12-,15?,16?,17?,22?/m0/s1. The molecule has 3 saturated heterocycles. The first-order chi connectivity index (χ1) is 15.6. The summed E-state index contributed by atoms with van der Waals surface area (Å²) in [6.45, 7) is 0.151. The number of aliphatic hydroxyl groups is 1. The van der Waals surface area contributed by atoms with Crippen LogP contribution in [0.5, 0.6) is 0 Å². The zero-order valence-corrected chi connectivity index (χ0v) is 20.5. The van der Waals surface area contributed by atoms with E-state index in [0.29, 0.717) is 31.5 Å². The van der Waals surface area contributed by atoms with E-state index >= 15 is 0 Å². The Labute approximate surface area is 211 Å². The molecule has 3 fully saturated rings. The molecule has 33 heavy (non-hydrogen) atoms. The average Bonchev–Trinajstić information content (AvgIpc) is 3.37. The van der Waals surface area contributed by atoms with Crippen LogP contribution in [0.3, 0.4) is 0 Å². The van der Waals surface area contributed by atoms with E-state index in [4.69, 9.17) is 34.8 Å². The van der Waals surface area contributed by atoms with Crippen molar-refractivity contribution in [1.29, 1.82) is 0 Å². The number of hydrogen-bond donors (Lipinski definition) is 2. The number of aliphatic hydroxyl groups excluding tert-OH is 1. The van der Waals surface area contributed by atoms with Gasteiger partial charge in [-0.15, -0.1) is 0 Å². The van der Waals surface area contributed by atoms with E-state index in [2.05, 4.69) is 21.2 Å². The number of hydrogen-bond acceptors (Lipinski definition) is 5. The van der Waals surface area contributed by atoms with Gasteiger partial charge in [-0.3, -0.25) is 19.3 Å². The molecule has 5 atom stereocenters. The predicted octanol–water partition coefficient (Wildman–Crippen LogP) is 3.81. The molecule has 4 aliphatic heterocycles. The SMILES string of the molecule is O=C1C2C3C[C@H](O)CN3C3(C(=O)Nc4c(Cl)cc(Cl)cc43)C2C(=O)N1c1cc(Cl)cc(Br)c1. The molecule has 0 aromatic heterocycles. The van der Waals surface area contributed by atoms with Crippen molar-refractivity contribution in [3.8, 4) is 0 Å². The van der Waals surface area contributed by atoms with Crippen molar-refractivity contribution in [3.63, 3.8) is 0 Å². The molecule has 0 aliphatic carbocycles. The van der Waals surface area contributed by atoms with Crippen LogP contribution in [-0.4, -0.2) is 46.4 Å². The lowest BCUT2D eigenvalue weighted by Crippen LogP contribution is -2.54. The molecule has 170 valence electrons. The topological polar surface area (TPSA) is 90.0 Å². The number of nitrogens with one attached hydrogen (secondary N) is 1. The summed E-state index contributed by atoms with van der Waals surface area (Å²) < 4.78 is 0.609. The molecular formula is C22H15BrCl3N3O4. The zero-order chi connectivity index (χ0) is 23.4. The van der Waals surface area contributed by atoms with Gasteiger partial charge in [0.2, 0.25) is 11.8 Å². The van der Waals surface area contributed by atoms with Crippen molar-refractivity contribution in [2.24, 2.45) is 11.8 Å². The largest absolute Gasteiger partial charge is 0.392 e. The van der Waals surface area contributed by atoms with Crippen LogP contribution in [0.25, 0.3) is 0 Å². The second-order valence-electron chi connectivity index (χ2n) is 8.78.